The van der Waals surface area contributed by atoms with Gasteiger partial charge in [0.2, 0.25) is 5.82 Å². The second-order valence-corrected chi connectivity index (χ2v) is 2.60. The van der Waals surface area contributed by atoms with Crippen LogP contribution in [0.15, 0.2) is 18.6 Å². The number of nitrogens with zero attached hydrogens (tertiary/aromatic N) is 6. The fourth-order valence-corrected chi connectivity index (χ4v) is 1.08. The minimum absolute atomic E-state index is 0.484. The van der Waals surface area contributed by atoms with Crippen molar-refractivity contribution in [2.24, 2.45) is 5.73 Å². The molecule has 0 saturated carbocycles. The van der Waals surface area contributed by atoms with Gasteiger partial charge in [-0.15, -0.1) is 5.10 Å². The van der Waals surface area contributed by atoms with Crippen LogP contribution < -0.4 is 5.73 Å². The highest BCUT2D eigenvalue weighted by atomic mass is 15.5. The van der Waals surface area contributed by atoms with Gasteiger partial charge in [-0.3, -0.25) is 4.98 Å². The molecular formula is C7H9N7. The SMILES string of the molecule is NCCn1nnnc1-c1cnccn1. The van der Waals surface area contributed by atoms with Gasteiger partial charge in [0, 0.05) is 18.9 Å². The van der Waals surface area contributed by atoms with Gasteiger partial charge in [0.1, 0.15) is 5.69 Å². The van der Waals surface area contributed by atoms with Crippen LogP contribution in [0.4, 0.5) is 0 Å². The Morgan fingerprint density at radius 2 is 2.29 bits per heavy atom. The zero-order chi connectivity index (χ0) is 9.80. The van der Waals surface area contributed by atoms with Crippen molar-refractivity contribution in [1.82, 2.24) is 30.2 Å². The predicted molar refractivity (Wildman–Crippen MR) is 47.9 cm³/mol. The van der Waals surface area contributed by atoms with E-state index in [0.717, 1.165) is 0 Å². The molecule has 7 heteroatoms. The molecule has 0 fully saturated rings. The van der Waals surface area contributed by atoms with Gasteiger partial charge < -0.3 is 5.73 Å². The lowest BCUT2D eigenvalue weighted by Gasteiger charge is -2.00. The first-order chi connectivity index (χ1) is 6.92. The summed E-state index contributed by atoms with van der Waals surface area (Å²) in [6.07, 6.45) is 4.80. The monoisotopic (exact) mass is 191 g/mol. The molecular weight excluding hydrogens is 182 g/mol. The third-order valence-electron chi connectivity index (χ3n) is 1.67. The second-order valence-electron chi connectivity index (χ2n) is 2.60. The van der Waals surface area contributed by atoms with Gasteiger partial charge in [0.25, 0.3) is 0 Å². The summed E-state index contributed by atoms with van der Waals surface area (Å²) in [5.74, 6) is 0.587. The number of hydrogen-bond donors (Lipinski definition) is 1. The van der Waals surface area contributed by atoms with Crippen LogP contribution in [0.5, 0.6) is 0 Å². The van der Waals surface area contributed by atoms with E-state index >= 15 is 0 Å². The van der Waals surface area contributed by atoms with Crippen molar-refractivity contribution in [2.45, 2.75) is 6.54 Å². The lowest BCUT2D eigenvalue weighted by Crippen LogP contribution is -2.12. The lowest BCUT2D eigenvalue weighted by molar-refractivity contribution is 0.602. The van der Waals surface area contributed by atoms with Crippen LogP contribution in [-0.2, 0) is 6.54 Å². The molecule has 0 unspecified atom stereocenters. The standard InChI is InChI=1S/C7H9N7/c8-1-4-14-7(11-12-13-14)6-5-9-2-3-10-6/h2-3,5H,1,4,8H2. The molecule has 72 valence electrons. The van der Waals surface area contributed by atoms with Crippen LogP contribution in [0.25, 0.3) is 11.5 Å². The Bertz CT molecular complexity index is 395. The fraction of sp³-hybridized carbons (Fsp3) is 0.286. The van der Waals surface area contributed by atoms with E-state index in [0.29, 0.717) is 24.6 Å². The van der Waals surface area contributed by atoms with Gasteiger partial charge >= 0.3 is 0 Å². The van der Waals surface area contributed by atoms with E-state index in [2.05, 4.69) is 25.5 Å². The first-order valence-corrected chi connectivity index (χ1v) is 4.14. The topological polar surface area (TPSA) is 95.4 Å². The Hall–Kier alpha value is -1.89. The predicted octanol–water partition coefficient (Wildman–Crippen LogP) is -0.911. The zero-order valence-corrected chi connectivity index (χ0v) is 7.41. The lowest BCUT2D eigenvalue weighted by atomic mass is 10.4. The van der Waals surface area contributed by atoms with E-state index in [-0.39, 0.29) is 0 Å². The summed E-state index contributed by atoms with van der Waals surface area (Å²) in [5.41, 5.74) is 6.06. The molecule has 14 heavy (non-hydrogen) atoms. The van der Waals surface area contributed by atoms with Crippen molar-refractivity contribution < 1.29 is 0 Å². The highest BCUT2D eigenvalue weighted by Gasteiger charge is 2.08. The summed E-state index contributed by atoms with van der Waals surface area (Å²) in [6, 6.07) is 0. The molecule has 2 rings (SSSR count). The summed E-state index contributed by atoms with van der Waals surface area (Å²) in [6.45, 7) is 1.05. The Morgan fingerprint density at radius 3 is 3.00 bits per heavy atom. The highest BCUT2D eigenvalue weighted by molar-refractivity contribution is 5.45. The van der Waals surface area contributed by atoms with E-state index < -0.39 is 0 Å². The van der Waals surface area contributed by atoms with Crippen LogP contribution in [0, 0.1) is 0 Å². The largest absolute Gasteiger partial charge is 0.329 e. The van der Waals surface area contributed by atoms with Gasteiger partial charge in [-0.2, -0.15) is 0 Å². The average Bonchev–Trinajstić information content (AvgIpc) is 2.68. The minimum Gasteiger partial charge on any atom is -0.329 e. The molecule has 7 nitrogen and oxygen atoms in total. The van der Waals surface area contributed by atoms with Gasteiger partial charge in [-0.25, -0.2) is 9.67 Å². The third-order valence-corrected chi connectivity index (χ3v) is 1.67. The molecule has 0 atom stereocenters. The zero-order valence-electron chi connectivity index (χ0n) is 7.41. The Labute approximate surface area is 80.0 Å². The van der Waals surface area contributed by atoms with E-state index in [1.165, 1.54) is 0 Å². The minimum atomic E-state index is 0.484. The second kappa shape index (κ2) is 3.88. The summed E-state index contributed by atoms with van der Waals surface area (Å²) >= 11 is 0. The summed E-state index contributed by atoms with van der Waals surface area (Å²) < 4.78 is 1.60. The average molecular weight is 191 g/mol. The smallest absolute Gasteiger partial charge is 0.202 e. The van der Waals surface area contributed by atoms with Crippen LogP contribution in [0.2, 0.25) is 0 Å². The van der Waals surface area contributed by atoms with Crippen LogP contribution in [0.3, 0.4) is 0 Å². The van der Waals surface area contributed by atoms with Gasteiger partial charge in [-0.1, -0.05) is 0 Å². The molecule has 0 spiro atoms. The van der Waals surface area contributed by atoms with Crippen molar-refractivity contribution >= 4 is 0 Å². The van der Waals surface area contributed by atoms with Gasteiger partial charge in [-0.05, 0) is 10.4 Å². The number of nitrogens with two attached hydrogens (primary N) is 1. The molecule has 2 heterocycles. The van der Waals surface area contributed by atoms with E-state index in [1.807, 2.05) is 0 Å². The van der Waals surface area contributed by atoms with Crippen LogP contribution in [-0.4, -0.2) is 36.7 Å². The van der Waals surface area contributed by atoms with Crippen molar-refractivity contribution in [3.05, 3.63) is 18.6 Å². The summed E-state index contributed by atoms with van der Waals surface area (Å²) in [4.78, 5) is 8.04. The Morgan fingerprint density at radius 1 is 1.36 bits per heavy atom. The maximum Gasteiger partial charge on any atom is 0.202 e. The first-order valence-electron chi connectivity index (χ1n) is 4.14. The van der Waals surface area contributed by atoms with Crippen molar-refractivity contribution in [3.63, 3.8) is 0 Å². The van der Waals surface area contributed by atoms with Crippen molar-refractivity contribution in [2.75, 3.05) is 6.54 Å². The Balaban J connectivity index is 2.37. The number of tetrazole rings is 1. The summed E-state index contributed by atoms with van der Waals surface area (Å²) in [5, 5.41) is 11.2. The first kappa shape index (κ1) is 8.70. The quantitative estimate of drug-likeness (QED) is 0.674. The molecule has 2 aromatic heterocycles. The van der Waals surface area contributed by atoms with E-state index in [4.69, 9.17) is 5.73 Å². The molecule has 0 amide bonds. The number of rotatable bonds is 3. The van der Waals surface area contributed by atoms with E-state index in [1.54, 1.807) is 23.3 Å². The fourth-order valence-electron chi connectivity index (χ4n) is 1.08. The number of aromatic nitrogens is 6. The summed E-state index contributed by atoms with van der Waals surface area (Å²) in [7, 11) is 0. The maximum atomic E-state index is 5.41. The normalized spacial score (nSPS) is 10.4. The molecule has 0 aliphatic rings. The van der Waals surface area contributed by atoms with Crippen molar-refractivity contribution in [3.8, 4) is 11.5 Å². The molecule has 0 radical (unpaired) electrons. The van der Waals surface area contributed by atoms with Crippen LogP contribution in [0.1, 0.15) is 0 Å². The molecule has 0 saturated heterocycles. The molecule has 2 N–H and O–H groups in total. The molecule has 0 bridgehead atoms. The van der Waals surface area contributed by atoms with Crippen LogP contribution >= 0.6 is 0 Å². The molecule has 0 aliphatic carbocycles. The Kier molecular flexibility index (Phi) is 2.41. The maximum absolute atomic E-state index is 5.41. The molecule has 0 aromatic carbocycles. The highest BCUT2D eigenvalue weighted by Crippen LogP contribution is 2.09. The van der Waals surface area contributed by atoms with E-state index in [9.17, 15) is 0 Å². The third kappa shape index (κ3) is 1.57. The van der Waals surface area contributed by atoms with Gasteiger partial charge in [0.05, 0.1) is 12.7 Å². The number of hydrogen-bond acceptors (Lipinski definition) is 6. The molecule has 0 aliphatic heterocycles. The van der Waals surface area contributed by atoms with Gasteiger partial charge in [0.15, 0.2) is 0 Å². The van der Waals surface area contributed by atoms with Crippen molar-refractivity contribution in [1.29, 1.82) is 0 Å². The molecule has 2 aromatic rings.